The van der Waals surface area contributed by atoms with Crippen molar-refractivity contribution in [2.24, 2.45) is 0 Å². The van der Waals surface area contributed by atoms with Crippen molar-refractivity contribution in [1.29, 1.82) is 0 Å². The zero-order valence-electron chi connectivity index (χ0n) is 33.2. The maximum Gasteiger partial charge on any atom is 0.0726 e. The van der Waals surface area contributed by atoms with Gasteiger partial charge in [0, 0.05) is 22.5 Å². The second-order valence-electron chi connectivity index (χ2n) is 16.8. The Kier molecular flexibility index (Phi) is 7.26. The van der Waals surface area contributed by atoms with Crippen LogP contribution in [0.5, 0.6) is 0 Å². The largest absolute Gasteiger partial charge is 0.310 e. The second-order valence-corrected chi connectivity index (χ2v) is 16.8. The van der Waals surface area contributed by atoms with E-state index < -0.39 is 5.41 Å². The molecule has 1 heteroatoms. The molecule has 59 heavy (non-hydrogen) atoms. The molecule has 0 saturated carbocycles. The van der Waals surface area contributed by atoms with Gasteiger partial charge in [0.25, 0.3) is 0 Å². The monoisotopic (exact) mass is 751 g/mol. The fraction of sp³-hybridized carbons (Fsp3) is 0.0690. The molecule has 1 nitrogen and oxygen atoms in total. The summed E-state index contributed by atoms with van der Waals surface area (Å²) in [5, 5.41) is 0. The van der Waals surface area contributed by atoms with Crippen LogP contribution in [0.25, 0.3) is 55.6 Å². The van der Waals surface area contributed by atoms with E-state index in [-0.39, 0.29) is 5.41 Å². The normalized spacial score (nSPS) is 14.2. The molecule has 0 saturated heterocycles. The highest BCUT2D eigenvalue weighted by Crippen LogP contribution is 2.63. The van der Waals surface area contributed by atoms with Crippen LogP contribution in [0.15, 0.2) is 212 Å². The van der Waals surface area contributed by atoms with Gasteiger partial charge >= 0.3 is 0 Å². The van der Waals surface area contributed by atoms with Crippen LogP contribution in [0.3, 0.4) is 0 Å². The molecule has 1 spiro atoms. The summed E-state index contributed by atoms with van der Waals surface area (Å²) in [6.45, 7) is 4.71. The Morgan fingerprint density at radius 1 is 0.271 bits per heavy atom. The molecule has 0 N–H and O–H groups in total. The van der Waals surface area contributed by atoms with E-state index >= 15 is 0 Å². The summed E-state index contributed by atoms with van der Waals surface area (Å²) >= 11 is 0. The molecule has 0 atom stereocenters. The molecule has 0 amide bonds. The van der Waals surface area contributed by atoms with Crippen LogP contribution in [0.2, 0.25) is 0 Å². The topological polar surface area (TPSA) is 3.24 Å². The zero-order chi connectivity index (χ0) is 39.3. The Balaban J connectivity index is 1.05. The highest BCUT2D eigenvalue weighted by molar-refractivity contribution is 5.97. The van der Waals surface area contributed by atoms with Gasteiger partial charge in [0.05, 0.1) is 5.41 Å². The molecule has 9 aromatic rings. The van der Waals surface area contributed by atoms with E-state index in [9.17, 15) is 0 Å². The third-order valence-electron chi connectivity index (χ3n) is 13.5. The first-order chi connectivity index (χ1) is 29.0. The Labute approximate surface area is 346 Å². The Morgan fingerprint density at radius 2 is 0.644 bits per heavy atom. The lowest BCUT2D eigenvalue weighted by atomic mass is 9.70. The van der Waals surface area contributed by atoms with E-state index in [2.05, 4.69) is 231 Å². The van der Waals surface area contributed by atoms with Crippen LogP contribution in [-0.2, 0) is 10.8 Å². The standard InChI is InChI=1S/C58H41N/c1-57(2)51-20-10-6-19-48(51)50-36-43(33-35-52(50)57)59(42-30-28-41(29-31-42)40-26-24-39(25-27-40)38-14-4-3-5-15-38)44-32-34-49-47-18-9-13-23-55(47)58(56(49)37-44)53-21-11-7-16-45(53)46-17-8-12-22-54(46)58/h3-37H,1-2H3. The van der Waals surface area contributed by atoms with Gasteiger partial charge in [0.2, 0.25) is 0 Å². The van der Waals surface area contributed by atoms with Gasteiger partial charge in [-0.15, -0.1) is 0 Å². The predicted octanol–water partition coefficient (Wildman–Crippen LogP) is 15.1. The molecule has 0 unspecified atom stereocenters. The molecular weight excluding hydrogens is 711 g/mol. The fourth-order valence-corrected chi connectivity index (χ4v) is 10.8. The van der Waals surface area contributed by atoms with Crippen LogP contribution in [-0.4, -0.2) is 0 Å². The van der Waals surface area contributed by atoms with Crippen molar-refractivity contribution in [2.45, 2.75) is 24.7 Å². The van der Waals surface area contributed by atoms with Gasteiger partial charge in [0.15, 0.2) is 0 Å². The predicted molar refractivity (Wildman–Crippen MR) is 246 cm³/mol. The molecule has 12 rings (SSSR count). The van der Waals surface area contributed by atoms with Crippen molar-refractivity contribution >= 4 is 17.1 Å². The van der Waals surface area contributed by atoms with E-state index in [1.165, 1.54) is 89.0 Å². The van der Waals surface area contributed by atoms with Crippen LogP contribution in [0, 0.1) is 0 Å². The van der Waals surface area contributed by atoms with Crippen LogP contribution >= 0.6 is 0 Å². The molecule has 0 fully saturated rings. The molecular formula is C58H41N. The Hall–Kier alpha value is -7.22. The maximum absolute atomic E-state index is 2.50. The third kappa shape index (κ3) is 4.79. The first-order valence-corrected chi connectivity index (χ1v) is 20.8. The van der Waals surface area contributed by atoms with E-state index in [4.69, 9.17) is 0 Å². The van der Waals surface area contributed by atoms with Crippen molar-refractivity contribution < 1.29 is 0 Å². The number of hydrogen-bond acceptors (Lipinski definition) is 1. The van der Waals surface area contributed by atoms with Crippen molar-refractivity contribution in [3.8, 4) is 55.6 Å². The molecule has 0 aromatic heterocycles. The van der Waals surface area contributed by atoms with Gasteiger partial charge in [-0.1, -0.05) is 190 Å². The lowest BCUT2D eigenvalue weighted by Crippen LogP contribution is -2.26. The average Bonchev–Trinajstić information content (AvgIpc) is 3.85. The van der Waals surface area contributed by atoms with Crippen molar-refractivity contribution in [3.63, 3.8) is 0 Å². The van der Waals surface area contributed by atoms with E-state index in [1.54, 1.807) is 0 Å². The van der Waals surface area contributed by atoms with E-state index in [1.807, 2.05) is 0 Å². The average molecular weight is 752 g/mol. The minimum Gasteiger partial charge on any atom is -0.310 e. The quantitative estimate of drug-likeness (QED) is 0.169. The molecule has 3 aliphatic rings. The first-order valence-electron chi connectivity index (χ1n) is 20.8. The Morgan fingerprint density at radius 3 is 1.20 bits per heavy atom. The molecule has 0 bridgehead atoms. The highest BCUT2D eigenvalue weighted by Gasteiger charge is 2.51. The Bertz CT molecular complexity index is 3050. The minimum absolute atomic E-state index is 0.0675. The molecule has 0 radical (unpaired) electrons. The summed E-state index contributed by atoms with van der Waals surface area (Å²) in [4.78, 5) is 2.47. The number of benzene rings is 9. The second kappa shape index (κ2) is 12.6. The highest BCUT2D eigenvalue weighted by atomic mass is 15.1. The number of rotatable bonds is 5. The summed E-state index contributed by atoms with van der Waals surface area (Å²) in [5.41, 5.74) is 23.8. The molecule has 9 aromatic carbocycles. The molecule has 0 heterocycles. The molecule has 0 aliphatic heterocycles. The number of anilines is 3. The summed E-state index contributed by atoms with van der Waals surface area (Å²) in [6.07, 6.45) is 0. The van der Waals surface area contributed by atoms with Crippen molar-refractivity contribution in [3.05, 3.63) is 246 Å². The van der Waals surface area contributed by atoms with Gasteiger partial charge in [-0.3, -0.25) is 0 Å². The summed E-state index contributed by atoms with van der Waals surface area (Å²) in [7, 11) is 0. The van der Waals surface area contributed by atoms with Crippen LogP contribution in [0.1, 0.15) is 47.2 Å². The smallest absolute Gasteiger partial charge is 0.0726 e. The van der Waals surface area contributed by atoms with E-state index in [0.29, 0.717) is 0 Å². The van der Waals surface area contributed by atoms with E-state index in [0.717, 1.165) is 17.1 Å². The number of fused-ring (bicyclic) bond motifs is 13. The van der Waals surface area contributed by atoms with Crippen LogP contribution < -0.4 is 4.90 Å². The van der Waals surface area contributed by atoms with Crippen molar-refractivity contribution in [2.75, 3.05) is 4.90 Å². The van der Waals surface area contributed by atoms with Gasteiger partial charge in [0.1, 0.15) is 0 Å². The first kappa shape index (κ1) is 33.9. The number of nitrogens with zero attached hydrogens (tertiary/aromatic N) is 1. The van der Waals surface area contributed by atoms with Crippen LogP contribution in [0.4, 0.5) is 17.1 Å². The molecule has 3 aliphatic carbocycles. The van der Waals surface area contributed by atoms with Gasteiger partial charge < -0.3 is 4.90 Å². The third-order valence-corrected chi connectivity index (χ3v) is 13.5. The summed E-state index contributed by atoms with van der Waals surface area (Å²) < 4.78 is 0. The van der Waals surface area contributed by atoms with Crippen molar-refractivity contribution in [1.82, 2.24) is 0 Å². The SMILES string of the molecule is CC1(C)c2ccccc2-c2cc(N(c3ccc(-c4ccc(-c5ccccc5)cc4)cc3)c3ccc4c(c3)C3(c5ccccc5-c5ccccc53)c3ccccc3-4)ccc21. The summed E-state index contributed by atoms with van der Waals surface area (Å²) in [5.74, 6) is 0. The number of hydrogen-bond donors (Lipinski definition) is 0. The van der Waals surface area contributed by atoms with Gasteiger partial charge in [-0.2, -0.15) is 0 Å². The minimum atomic E-state index is -0.419. The molecule has 278 valence electrons. The lowest BCUT2D eigenvalue weighted by molar-refractivity contribution is 0.660. The maximum atomic E-state index is 2.50. The lowest BCUT2D eigenvalue weighted by Gasteiger charge is -2.32. The fourth-order valence-electron chi connectivity index (χ4n) is 10.8. The zero-order valence-corrected chi connectivity index (χ0v) is 33.2. The summed E-state index contributed by atoms with van der Waals surface area (Å²) in [6, 6.07) is 79.2. The van der Waals surface area contributed by atoms with Gasteiger partial charge in [-0.05, 0) is 125 Å². The van der Waals surface area contributed by atoms with Gasteiger partial charge in [-0.25, -0.2) is 0 Å².